The maximum atomic E-state index is 13.3. The van der Waals surface area contributed by atoms with Crippen LogP contribution in [0.15, 0.2) is 18.2 Å². The molecule has 0 fully saturated rings. The number of carboxylic acid groups (broad SMARTS) is 1. The molecule has 0 spiro atoms. The lowest BCUT2D eigenvalue weighted by Crippen LogP contribution is -2.40. The van der Waals surface area contributed by atoms with E-state index in [1.54, 1.807) is 19.1 Å². The molecule has 20 heavy (non-hydrogen) atoms. The zero-order valence-electron chi connectivity index (χ0n) is 12.0. The number of carbonyl (C=O) groups is 1. The van der Waals surface area contributed by atoms with Gasteiger partial charge in [-0.05, 0) is 37.1 Å². The van der Waals surface area contributed by atoms with Crippen molar-refractivity contribution in [1.29, 1.82) is 0 Å². The van der Waals surface area contributed by atoms with Crippen LogP contribution in [-0.2, 0) is 11.2 Å². The van der Waals surface area contributed by atoms with Crippen molar-refractivity contribution in [3.63, 3.8) is 0 Å². The lowest BCUT2D eigenvalue weighted by atomic mass is 10.00. The molecule has 0 aromatic heterocycles. The molecule has 0 aliphatic heterocycles. The van der Waals surface area contributed by atoms with Crippen molar-refractivity contribution in [3.8, 4) is 0 Å². The Morgan fingerprint density at radius 2 is 2.15 bits per heavy atom. The Balaban J connectivity index is 2.87. The van der Waals surface area contributed by atoms with E-state index >= 15 is 0 Å². The van der Waals surface area contributed by atoms with Crippen molar-refractivity contribution < 1.29 is 19.4 Å². The number of hydrogen-bond acceptors (Lipinski definition) is 3. The normalized spacial score (nSPS) is 12.7. The molecule has 0 saturated carbocycles. The van der Waals surface area contributed by atoms with Crippen molar-refractivity contribution in [2.75, 3.05) is 19.7 Å². The summed E-state index contributed by atoms with van der Waals surface area (Å²) in [7, 11) is 0. The van der Waals surface area contributed by atoms with Crippen LogP contribution in [0.3, 0.4) is 0 Å². The highest BCUT2D eigenvalue weighted by molar-refractivity contribution is 5.67. The molecular weight excluding hydrogens is 261 g/mol. The zero-order chi connectivity index (χ0) is 15.1. The summed E-state index contributed by atoms with van der Waals surface area (Å²) in [5.41, 5.74) is 1.47. The number of aliphatic carboxylic acids is 1. The predicted molar refractivity (Wildman–Crippen MR) is 75.2 cm³/mol. The molecule has 2 N–H and O–H groups in total. The zero-order valence-corrected chi connectivity index (χ0v) is 12.0. The Morgan fingerprint density at radius 1 is 1.45 bits per heavy atom. The van der Waals surface area contributed by atoms with Crippen LogP contribution in [0, 0.1) is 12.7 Å². The first kappa shape index (κ1) is 16.6. The summed E-state index contributed by atoms with van der Waals surface area (Å²) in [6.07, 6.45) is 0.533. The molecule has 5 heteroatoms. The number of rotatable bonds is 8. The van der Waals surface area contributed by atoms with Crippen LogP contribution in [0.1, 0.15) is 24.5 Å². The third kappa shape index (κ3) is 4.90. The van der Waals surface area contributed by atoms with Gasteiger partial charge in [0.1, 0.15) is 5.82 Å². The van der Waals surface area contributed by atoms with E-state index in [-0.39, 0.29) is 24.9 Å². The lowest BCUT2D eigenvalue weighted by Gasteiger charge is -2.29. The van der Waals surface area contributed by atoms with Crippen molar-refractivity contribution in [2.45, 2.75) is 32.7 Å². The largest absolute Gasteiger partial charge is 0.481 e. The van der Waals surface area contributed by atoms with Gasteiger partial charge in [0, 0.05) is 12.6 Å². The van der Waals surface area contributed by atoms with Gasteiger partial charge in [-0.1, -0.05) is 19.1 Å². The van der Waals surface area contributed by atoms with Gasteiger partial charge in [0.15, 0.2) is 0 Å². The number of likely N-dealkylation sites (N-methyl/N-ethyl adjacent to an activating group) is 1. The molecule has 1 atom stereocenters. The van der Waals surface area contributed by atoms with E-state index in [2.05, 4.69) is 0 Å². The SMILES string of the molecule is CCN(CCO)C(CC(=O)O)Cc1ccc(F)c(C)c1. The van der Waals surface area contributed by atoms with Gasteiger partial charge >= 0.3 is 5.97 Å². The fraction of sp³-hybridized carbons (Fsp3) is 0.533. The smallest absolute Gasteiger partial charge is 0.304 e. The second kappa shape index (κ2) is 7.97. The summed E-state index contributed by atoms with van der Waals surface area (Å²) < 4.78 is 13.3. The molecule has 1 aromatic rings. The van der Waals surface area contributed by atoms with E-state index in [4.69, 9.17) is 10.2 Å². The van der Waals surface area contributed by atoms with Crippen LogP contribution in [0.25, 0.3) is 0 Å². The Morgan fingerprint density at radius 3 is 2.65 bits per heavy atom. The van der Waals surface area contributed by atoms with Crippen molar-refractivity contribution in [1.82, 2.24) is 4.90 Å². The van der Waals surface area contributed by atoms with E-state index in [9.17, 15) is 9.18 Å². The molecule has 0 radical (unpaired) electrons. The Hall–Kier alpha value is -1.46. The molecule has 1 aromatic carbocycles. The molecule has 0 saturated heterocycles. The summed E-state index contributed by atoms with van der Waals surface area (Å²) in [5.74, 6) is -1.13. The topological polar surface area (TPSA) is 60.8 Å². The molecule has 0 aliphatic carbocycles. The molecule has 1 unspecified atom stereocenters. The summed E-state index contributed by atoms with van der Waals surface area (Å²) in [5, 5.41) is 18.1. The highest BCUT2D eigenvalue weighted by Crippen LogP contribution is 2.15. The summed E-state index contributed by atoms with van der Waals surface area (Å²) in [6.45, 7) is 4.72. The Labute approximate surface area is 118 Å². The summed E-state index contributed by atoms with van der Waals surface area (Å²) in [6, 6.07) is 4.64. The van der Waals surface area contributed by atoms with Crippen LogP contribution in [0.2, 0.25) is 0 Å². The summed E-state index contributed by atoms with van der Waals surface area (Å²) in [4.78, 5) is 12.9. The van der Waals surface area contributed by atoms with Gasteiger partial charge in [0.25, 0.3) is 0 Å². The minimum absolute atomic E-state index is 0.00423. The second-order valence-corrected chi connectivity index (χ2v) is 4.89. The first-order valence-corrected chi connectivity index (χ1v) is 6.79. The molecule has 1 rings (SSSR count). The van der Waals surface area contributed by atoms with Crippen LogP contribution in [-0.4, -0.2) is 46.8 Å². The van der Waals surface area contributed by atoms with Gasteiger partial charge in [-0.2, -0.15) is 0 Å². The quantitative estimate of drug-likeness (QED) is 0.764. The van der Waals surface area contributed by atoms with E-state index in [0.29, 0.717) is 25.1 Å². The number of hydrogen-bond donors (Lipinski definition) is 2. The van der Waals surface area contributed by atoms with Crippen molar-refractivity contribution >= 4 is 5.97 Å². The van der Waals surface area contributed by atoms with Crippen LogP contribution in [0.5, 0.6) is 0 Å². The van der Waals surface area contributed by atoms with Gasteiger partial charge in [-0.25, -0.2) is 4.39 Å². The predicted octanol–water partition coefficient (Wildman–Crippen LogP) is 1.83. The first-order valence-electron chi connectivity index (χ1n) is 6.79. The average molecular weight is 283 g/mol. The Kier molecular flexibility index (Phi) is 6.61. The fourth-order valence-corrected chi connectivity index (χ4v) is 2.37. The number of carboxylic acids is 1. The van der Waals surface area contributed by atoms with Crippen LogP contribution < -0.4 is 0 Å². The van der Waals surface area contributed by atoms with Gasteiger partial charge in [0.05, 0.1) is 13.0 Å². The first-order chi connectivity index (χ1) is 9.47. The van der Waals surface area contributed by atoms with Crippen molar-refractivity contribution in [2.24, 2.45) is 0 Å². The van der Waals surface area contributed by atoms with Crippen LogP contribution >= 0.6 is 0 Å². The maximum Gasteiger partial charge on any atom is 0.304 e. The monoisotopic (exact) mass is 283 g/mol. The van der Waals surface area contributed by atoms with E-state index in [1.165, 1.54) is 6.07 Å². The van der Waals surface area contributed by atoms with E-state index in [0.717, 1.165) is 5.56 Å². The van der Waals surface area contributed by atoms with E-state index < -0.39 is 5.97 Å². The molecule has 0 heterocycles. The molecule has 0 bridgehead atoms. The van der Waals surface area contributed by atoms with E-state index in [1.807, 2.05) is 11.8 Å². The van der Waals surface area contributed by atoms with Gasteiger partial charge in [-0.15, -0.1) is 0 Å². The minimum Gasteiger partial charge on any atom is -0.481 e. The number of aryl methyl sites for hydroxylation is 1. The molecule has 4 nitrogen and oxygen atoms in total. The second-order valence-electron chi connectivity index (χ2n) is 4.89. The molecule has 112 valence electrons. The van der Waals surface area contributed by atoms with Crippen molar-refractivity contribution in [3.05, 3.63) is 35.1 Å². The average Bonchev–Trinajstić information content (AvgIpc) is 2.39. The highest BCUT2D eigenvalue weighted by Gasteiger charge is 2.20. The maximum absolute atomic E-state index is 13.3. The lowest BCUT2D eigenvalue weighted by molar-refractivity contribution is -0.138. The number of aliphatic hydroxyl groups is 1. The minimum atomic E-state index is -0.870. The molecule has 0 amide bonds. The van der Waals surface area contributed by atoms with Gasteiger partial charge in [0.2, 0.25) is 0 Å². The number of halogens is 1. The highest BCUT2D eigenvalue weighted by atomic mass is 19.1. The Bertz CT molecular complexity index is 451. The van der Waals surface area contributed by atoms with Crippen LogP contribution in [0.4, 0.5) is 4.39 Å². The summed E-state index contributed by atoms with van der Waals surface area (Å²) >= 11 is 0. The van der Waals surface area contributed by atoms with Gasteiger partial charge < -0.3 is 10.2 Å². The van der Waals surface area contributed by atoms with Gasteiger partial charge in [-0.3, -0.25) is 9.69 Å². The molecule has 0 aliphatic rings. The standard InChI is InChI=1S/C15H22FNO3/c1-3-17(6-7-18)13(10-15(19)20)9-12-4-5-14(16)11(2)8-12/h4-5,8,13,18H,3,6-7,9-10H2,1-2H3,(H,19,20). The fourth-order valence-electron chi connectivity index (χ4n) is 2.37. The third-order valence-electron chi connectivity index (χ3n) is 3.41. The third-order valence-corrected chi connectivity index (χ3v) is 3.41. The number of aliphatic hydroxyl groups excluding tert-OH is 1. The molecular formula is C15H22FNO3. The number of benzene rings is 1. The number of nitrogens with zero attached hydrogens (tertiary/aromatic N) is 1.